The lowest BCUT2D eigenvalue weighted by molar-refractivity contribution is -0.128. The zero-order valence-electron chi connectivity index (χ0n) is 11.8. The molecule has 1 amide bonds. The lowest BCUT2D eigenvalue weighted by atomic mass is 9.97. The number of carbonyl (C=O) groups is 1. The van der Waals surface area contributed by atoms with Crippen molar-refractivity contribution < 1.29 is 4.79 Å². The molecule has 2 fully saturated rings. The van der Waals surface area contributed by atoms with Crippen LogP contribution < -0.4 is 5.32 Å². The minimum Gasteiger partial charge on any atom is -0.349 e. The van der Waals surface area contributed by atoms with Crippen LogP contribution in [0.25, 0.3) is 0 Å². The third kappa shape index (κ3) is 3.69. The summed E-state index contributed by atoms with van der Waals surface area (Å²) < 4.78 is 0. The van der Waals surface area contributed by atoms with Crippen LogP contribution in [0.1, 0.15) is 38.5 Å². The second-order valence-corrected chi connectivity index (χ2v) is 5.90. The highest BCUT2D eigenvalue weighted by Gasteiger charge is 2.31. The average molecular weight is 253 g/mol. The predicted octanol–water partition coefficient (Wildman–Crippen LogP) is 1.07. The first kappa shape index (κ1) is 13.8. The van der Waals surface area contributed by atoms with Gasteiger partial charge in [-0.2, -0.15) is 0 Å². The van der Waals surface area contributed by atoms with E-state index in [2.05, 4.69) is 10.2 Å². The molecule has 1 N–H and O–H groups in total. The van der Waals surface area contributed by atoms with Gasteiger partial charge in [0.1, 0.15) is 0 Å². The molecule has 4 nitrogen and oxygen atoms in total. The van der Waals surface area contributed by atoms with E-state index in [-0.39, 0.29) is 5.91 Å². The van der Waals surface area contributed by atoms with E-state index < -0.39 is 0 Å². The summed E-state index contributed by atoms with van der Waals surface area (Å²) >= 11 is 0. The fraction of sp³-hybridized carbons (Fsp3) is 0.929. The van der Waals surface area contributed by atoms with E-state index in [1.54, 1.807) is 4.90 Å². The molecule has 18 heavy (non-hydrogen) atoms. The summed E-state index contributed by atoms with van der Waals surface area (Å²) in [6, 6.07) is 1.51. The molecule has 0 bridgehead atoms. The molecule has 0 aliphatic carbocycles. The van der Waals surface area contributed by atoms with Crippen molar-refractivity contribution >= 4 is 5.91 Å². The molecule has 104 valence electrons. The maximum Gasteiger partial charge on any atom is 0.222 e. The van der Waals surface area contributed by atoms with Gasteiger partial charge >= 0.3 is 0 Å². The molecule has 2 saturated heterocycles. The maximum atomic E-state index is 11.4. The lowest BCUT2D eigenvalue weighted by Crippen LogP contribution is -2.45. The first-order valence-electron chi connectivity index (χ1n) is 7.34. The van der Waals surface area contributed by atoms with Gasteiger partial charge in [-0.25, -0.2) is 0 Å². The van der Waals surface area contributed by atoms with Crippen molar-refractivity contribution in [1.29, 1.82) is 0 Å². The second-order valence-electron chi connectivity index (χ2n) is 5.90. The van der Waals surface area contributed by atoms with Crippen LogP contribution in [0.3, 0.4) is 0 Å². The van der Waals surface area contributed by atoms with E-state index >= 15 is 0 Å². The molecular formula is C14H27N3O. The Morgan fingerprint density at radius 1 is 1.33 bits per heavy atom. The van der Waals surface area contributed by atoms with Gasteiger partial charge in [0.25, 0.3) is 0 Å². The standard InChI is InChI=1S/C14H27N3O/c1-16(2)14(18)6-3-8-15-12-7-10-17-9-4-5-13(17)11-12/h12-13,15H,3-11H2,1-2H3. The highest BCUT2D eigenvalue weighted by molar-refractivity contribution is 5.75. The smallest absolute Gasteiger partial charge is 0.222 e. The Morgan fingerprint density at radius 3 is 2.94 bits per heavy atom. The van der Waals surface area contributed by atoms with E-state index in [9.17, 15) is 4.79 Å². The van der Waals surface area contributed by atoms with Crippen molar-refractivity contribution in [3.05, 3.63) is 0 Å². The van der Waals surface area contributed by atoms with Crippen LogP contribution in [0.5, 0.6) is 0 Å². The Morgan fingerprint density at radius 2 is 2.17 bits per heavy atom. The largest absolute Gasteiger partial charge is 0.349 e. The van der Waals surface area contributed by atoms with Gasteiger partial charge in [0, 0.05) is 32.6 Å². The molecule has 2 aliphatic heterocycles. The highest BCUT2D eigenvalue weighted by Crippen LogP contribution is 2.26. The molecule has 4 heteroatoms. The molecule has 0 spiro atoms. The van der Waals surface area contributed by atoms with E-state index in [1.165, 1.54) is 38.8 Å². The molecule has 2 heterocycles. The molecule has 0 saturated carbocycles. The molecule has 2 aliphatic rings. The average Bonchev–Trinajstić information content (AvgIpc) is 2.81. The number of nitrogens with one attached hydrogen (secondary N) is 1. The van der Waals surface area contributed by atoms with E-state index in [0.29, 0.717) is 12.5 Å². The van der Waals surface area contributed by atoms with Crippen molar-refractivity contribution in [3.63, 3.8) is 0 Å². The quantitative estimate of drug-likeness (QED) is 0.745. The van der Waals surface area contributed by atoms with Crippen LogP contribution in [0.4, 0.5) is 0 Å². The van der Waals surface area contributed by atoms with Gasteiger partial charge in [-0.15, -0.1) is 0 Å². The number of hydrogen-bond donors (Lipinski definition) is 1. The van der Waals surface area contributed by atoms with E-state index in [1.807, 2.05) is 14.1 Å². The third-order valence-corrected chi connectivity index (χ3v) is 4.32. The van der Waals surface area contributed by atoms with Crippen molar-refractivity contribution in [2.45, 2.75) is 50.6 Å². The Bertz CT molecular complexity index is 280. The number of carbonyl (C=O) groups excluding carboxylic acids is 1. The molecule has 2 rings (SSSR count). The van der Waals surface area contributed by atoms with Crippen molar-refractivity contribution in [2.24, 2.45) is 0 Å². The molecule has 2 unspecified atom stereocenters. The summed E-state index contributed by atoms with van der Waals surface area (Å²) in [7, 11) is 3.65. The fourth-order valence-corrected chi connectivity index (χ4v) is 3.18. The van der Waals surface area contributed by atoms with E-state index in [0.717, 1.165) is 19.0 Å². The summed E-state index contributed by atoms with van der Waals surface area (Å²) in [6.07, 6.45) is 6.98. The Balaban J connectivity index is 1.58. The minimum absolute atomic E-state index is 0.238. The summed E-state index contributed by atoms with van der Waals surface area (Å²) in [4.78, 5) is 15.8. The normalized spacial score (nSPS) is 28.1. The number of nitrogens with zero attached hydrogens (tertiary/aromatic N) is 2. The van der Waals surface area contributed by atoms with Crippen LogP contribution in [-0.2, 0) is 4.79 Å². The fourth-order valence-electron chi connectivity index (χ4n) is 3.18. The zero-order chi connectivity index (χ0) is 13.0. The van der Waals surface area contributed by atoms with Gasteiger partial charge in [0.05, 0.1) is 0 Å². The number of amides is 1. The van der Waals surface area contributed by atoms with Gasteiger partial charge < -0.3 is 15.1 Å². The van der Waals surface area contributed by atoms with Crippen LogP contribution >= 0.6 is 0 Å². The summed E-state index contributed by atoms with van der Waals surface area (Å²) in [5, 5.41) is 3.63. The minimum atomic E-state index is 0.238. The van der Waals surface area contributed by atoms with Crippen molar-refractivity contribution in [1.82, 2.24) is 15.1 Å². The summed E-state index contributed by atoms with van der Waals surface area (Å²) in [6.45, 7) is 3.56. The van der Waals surface area contributed by atoms with Crippen LogP contribution in [0.15, 0.2) is 0 Å². The predicted molar refractivity (Wildman–Crippen MR) is 73.5 cm³/mol. The molecule has 0 aromatic carbocycles. The SMILES string of the molecule is CN(C)C(=O)CCCNC1CCN2CCCC2C1. The maximum absolute atomic E-state index is 11.4. The van der Waals surface area contributed by atoms with Crippen molar-refractivity contribution in [2.75, 3.05) is 33.7 Å². The summed E-state index contributed by atoms with van der Waals surface area (Å²) in [5.41, 5.74) is 0. The lowest BCUT2D eigenvalue weighted by Gasteiger charge is -2.35. The molecule has 2 atom stereocenters. The molecular weight excluding hydrogens is 226 g/mol. The van der Waals surface area contributed by atoms with Crippen LogP contribution in [0.2, 0.25) is 0 Å². The number of fused-ring (bicyclic) bond motifs is 1. The molecule has 0 aromatic rings. The monoisotopic (exact) mass is 253 g/mol. The highest BCUT2D eigenvalue weighted by atomic mass is 16.2. The van der Waals surface area contributed by atoms with Crippen LogP contribution in [0, 0.1) is 0 Å². The second kappa shape index (κ2) is 6.53. The van der Waals surface area contributed by atoms with Gasteiger partial charge in [0.15, 0.2) is 0 Å². The summed E-state index contributed by atoms with van der Waals surface area (Å²) in [5.74, 6) is 0.238. The zero-order valence-corrected chi connectivity index (χ0v) is 11.8. The molecule has 0 radical (unpaired) electrons. The molecule has 0 aromatic heterocycles. The third-order valence-electron chi connectivity index (χ3n) is 4.32. The van der Waals surface area contributed by atoms with Crippen molar-refractivity contribution in [3.8, 4) is 0 Å². The Kier molecular flexibility index (Phi) is 5.01. The Hall–Kier alpha value is -0.610. The Labute approximate surface area is 111 Å². The van der Waals surface area contributed by atoms with Gasteiger partial charge in [-0.05, 0) is 51.7 Å². The number of hydrogen-bond acceptors (Lipinski definition) is 3. The van der Waals surface area contributed by atoms with Gasteiger partial charge in [-0.3, -0.25) is 4.79 Å². The first-order valence-corrected chi connectivity index (χ1v) is 7.34. The number of piperidine rings is 1. The topological polar surface area (TPSA) is 35.6 Å². The van der Waals surface area contributed by atoms with Gasteiger partial charge in [0.2, 0.25) is 5.91 Å². The van der Waals surface area contributed by atoms with E-state index in [4.69, 9.17) is 0 Å². The first-order chi connectivity index (χ1) is 8.66. The number of rotatable bonds is 5. The van der Waals surface area contributed by atoms with Gasteiger partial charge in [-0.1, -0.05) is 0 Å². The van der Waals surface area contributed by atoms with Crippen LogP contribution in [-0.4, -0.2) is 61.5 Å².